The molecule has 13 heteroatoms. The molecule has 37 heavy (non-hydrogen) atoms. The second-order valence-corrected chi connectivity index (χ2v) is 9.89. The molecule has 2 atom stereocenters. The van der Waals surface area contributed by atoms with Crippen molar-refractivity contribution >= 4 is 40.5 Å². The van der Waals surface area contributed by atoms with Crippen molar-refractivity contribution < 1.29 is 32.2 Å². The number of morpholine rings is 1. The number of ether oxygens (including phenoxy) is 2. The summed E-state index contributed by atoms with van der Waals surface area (Å²) in [6, 6.07) is 1.28. The molecule has 1 fully saturated rings. The summed E-state index contributed by atoms with van der Waals surface area (Å²) < 4.78 is 54.3. The summed E-state index contributed by atoms with van der Waals surface area (Å²) in [5, 5.41) is 5.34. The van der Waals surface area contributed by atoms with Crippen molar-refractivity contribution in [3.05, 3.63) is 62.5 Å². The number of aliphatic imine (C=N–C) groups is 1. The largest absolute Gasteiger partial charge is 0.466 e. The number of benzene rings is 1. The Bertz CT molecular complexity index is 1240. The van der Waals surface area contributed by atoms with E-state index in [-0.39, 0.29) is 42.6 Å². The van der Waals surface area contributed by atoms with Crippen LogP contribution in [0.1, 0.15) is 30.0 Å². The molecule has 4 rings (SSSR count). The SMILES string of the molecule is COC(=O)C1=C(CN2CCOCC2C(F)(F)CC(C)=O)NC(c2nccs2)=N[C@H]1c1ccc(F)cc1Cl. The zero-order chi connectivity index (χ0) is 26.7. The van der Waals surface area contributed by atoms with Crippen LogP contribution >= 0.6 is 22.9 Å². The molecule has 0 radical (unpaired) electrons. The van der Waals surface area contributed by atoms with Gasteiger partial charge >= 0.3 is 5.97 Å². The van der Waals surface area contributed by atoms with Crippen molar-refractivity contribution in [3.8, 4) is 0 Å². The number of halogens is 4. The Labute approximate surface area is 220 Å². The van der Waals surface area contributed by atoms with E-state index >= 15 is 8.78 Å². The standard InChI is InChI=1S/C24H24ClF3N4O4S/c1-13(33)10-24(27,28)18-12-36-7-6-32(18)11-17-19(23(34)35-2)20(15-4-3-14(26)9-16(15)25)31-21(30-17)22-29-5-8-37-22/h3-5,8-9,18,20H,6-7,10-12H2,1-2H3,(H,30,31)/t18?,20-/m0/s1. The molecule has 0 aliphatic carbocycles. The normalized spacial score (nSPS) is 20.9. The monoisotopic (exact) mass is 556 g/mol. The van der Waals surface area contributed by atoms with Crippen LogP contribution < -0.4 is 5.32 Å². The summed E-state index contributed by atoms with van der Waals surface area (Å²) in [7, 11) is 1.19. The molecular formula is C24H24ClF3N4O4S. The van der Waals surface area contributed by atoms with E-state index < -0.39 is 42.0 Å². The lowest BCUT2D eigenvalue weighted by Crippen LogP contribution is -2.57. The third-order valence-electron chi connectivity index (χ3n) is 6.00. The topological polar surface area (TPSA) is 93.1 Å². The number of esters is 1. The molecule has 1 N–H and O–H groups in total. The third kappa shape index (κ3) is 6.03. The molecule has 8 nitrogen and oxygen atoms in total. The van der Waals surface area contributed by atoms with Crippen molar-refractivity contribution in [2.24, 2.45) is 4.99 Å². The van der Waals surface area contributed by atoms with Crippen LogP contribution in [0.3, 0.4) is 0 Å². The highest BCUT2D eigenvalue weighted by Gasteiger charge is 2.46. The predicted molar refractivity (Wildman–Crippen MR) is 131 cm³/mol. The Hall–Kier alpha value is -2.80. The summed E-state index contributed by atoms with van der Waals surface area (Å²) in [4.78, 5) is 34.9. The zero-order valence-electron chi connectivity index (χ0n) is 20.0. The molecule has 2 aliphatic heterocycles. The predicted octanol–water partition coefficient (Wildman–Crippen LogP) is 3.77. The highest BCUT2D eigenvalue weighted by molar-refractivity contribution is 7.11. The number of methoxy groups -OCH3 is 1. The van der Waals surface area contributed by atoms with Crippen LogP contribution in [0.2, 0.25) is 5.02 Å². The molecule has 1 saturated heterocycles. The van der Waals surface area contributed by atoms with E-state index in [1.807, 2.05) is 0 Å². The second kappa shape index (κ2) is 11.3. The van der Waals surface area contributed by atoms with Crippen molar-refractivity contribution in [2.45, 2.75) is 31.4 Å². The van der Waals surface area contributed by atoms with Crippen LogP contribution in [0.5, 0.6) is 0 Å². The van der Waals surface area contributed by atoms with E-state index in [9.17, 15) is 14.0 Å². The number of hydrogen-bond donors (Lipinski definition) is 1. The highest BCUT2D eigenvalue weighted by Crippen LogP contribution is 2.38. The van der Waals surface area contributed by atoms with Crippen molar-refractivity contribution in [2.75, 3.05) is 33.4 Å². The summed E-state index contributed by atoms with van der Waals surface area (Å²) in [6.45, 7) is 1.00. The summed E-state index contributed by atoms with van der Waals surface area (Å²) >= 11 is 7.63. The Morgan fingerprint density at radius 2 is 2.16 bits per heavy atom. The molecular weight excluding hydrogens is 533 g/mol. The third-order valence-corrected chi connectivity index (χ3v) is 7.10. The number of carbonyl (C=O) groups excluding carboxylic acids is 2. The van der Waals surface area contributed by atoms with Gasteiger partial charge in [0.05, 0.1) is 38.4 Å². The number of amidine groups is 1. The van der Waals surface area contributed by atoms with Crippen LogP contribution in [0.25, 0.3) is 0 Å². The van der Waals surface area contributed by atoms with E-state index in [0.29, 0.717) is 16.4 Å². The first kappa shape index (κ1) is 27.2. The maximum atomic E-state index is 15.1. The van der Waals surface area contributed by atoms with Gasteiger partial charge in [-0.05, 0) is 19.1 Å². The number of carbonyl (C=O) groups is 2. The van der Waals surface area contributed by atoms with Crippen LogP contribution in [0.4, 0.5) is 13.2 Å². The number of nitrogens with one attached hydrogen (secondary N) is 1. The van der Waals surface area contributed by atoms with Crippen molar-refractivity contribution in [1.82, 2.24) is 15.2 Å². The minimum Gasteiger partial charge on any atom is -0.466 e. The van der Waals surface area contributed by atoms with Gasteiger partial charge in [0, 0.05) is 40.9 Å². The van der Waals surface area contributed by atoms with Crippen LogP contribution in [-0.4, -0.2) is 72.8 Å². The van der Waals surface area contributed by atoms with Crippen molar-refractivity contribution in [1.29, 1.82) is 0 Å². The first-order valence-electron chi connectivity index (χ1n) is 11.3. The van der Waals surface area contributed by atoms with Gasteiger partial charge in [-0.25, -0.2) is 22.9 Å². The fraction of sp³-hybridized carbons (Fsp3) is 0.417. The van der Waals surface area contributed by atoms with Gasteiger partial charge < -0.3 is 14.8 Å². The average molecular weight is 557 g/mol. The number of thiazole rings is 1. The van der Waals surface area contributed by atoms with Gasteiger partial charge in [0.15, 0.2) is 10.8 Å². The lowest BCUT2D eigenvalue weighted by atomic mass is 9.94. The molecule has 0 saturated carbocycles. The van der Waals surface area contributed by atoms with Gasteiger partial charge in [0.1, 0.15) is 17.6 Å². The number of nitrogens with zero attached hydrogens (tertiary/aromatic N) is 3. The number of rotatable bonds is 8. The fourth-order valence-corrected chi connectivity index (χ4v) is 5.20. The molecule has 1 aromatic heterocycles. The van der Waals surface area contributed by atoms with E-state index in [4.69, 9.17) is 21.1 Å². The Kier molecular flexibility index (Phi) is 8.32. The molecule has 3 heterocycles. The number of aromatic nitrogens is 1. The van der Waals surface area contributed by atoms with E-state index in [1.54, 1.807) is 11.6 Å². The molecule has 0 bridgehead atoms. The molecule has 0 spiro atoms. The second-order valence-electron chi connectivity index (χ2n) is 8.59. The lowest BCUT2D eigenvalue weighted by Gasteiger charge is -2.40. The number of hydrogen-bond acceptors (Lipinski definition) is 9. The number of Topliss-reactive ketones (excluding diaryl/α,β-unsaturated/α-hetero) is 1. The first-order chi connectivity index (χ1) is 17.6. The lowest BCUT2D eigenvalue weighted by molar-refractivity contribution is -0.148. The maximum absolute atomic E-state index is 15.1. The summed E-state index contributed by atoms with van der Waals surface area (Å²) in [6.07, 6.45) is 0.636. The molecule has 2 aromatic rings. The van der Waals surface area contributed by atoms with Gasteiger partial charge in [-0.2, -0.15) is 0 Å². The van der Waals surface area contributed by atoms with Gasteiger partial charge in [0.25, 0.3) is 5.92 Å². The first-order valence-corrected chi connectivity index (χ1v) is 12.6. The minimum atomic E-state index is -3.36. The Balaban J connectivity index is 1.80. The van der Waals surface area contributed by atoms with Gasteiger partial charge in [-0.15, -0.1) is 11.3 Å². The van der Waals surface area contributed by atoms with E-state index in [0.717, 1.165) is 13.0 Å². The van der Waals surface area contributed by atoms with E-state index in [1.165, 1.54) is 35.5 Å². The summed E-state index contributed by atoms with van der Waals surface area (Å²) in [5.74, 6) is -5.04. The molecule has 2 aliphatic rings. The van der Waals surface area contributed by atoms with Gasteiger partial charge in [-0.1, -0.05) is 17.7 Å². The minimum absolute atomic E-state index is 0.0344. The Morgan fingerprint density at radius 1 is 1.38 bits per heavy atom. The van der Waals surface area contributed by atoms with Crippen LogP contribution in [0, 0.1) is 5.82 Å². The quantitative estimate of drug-likeness (QED) is 0.495. The molecule has 1 aromatic carbocycles. The number of ketones is 1. The maximum Gasteiger partial charge on any atom is 0.338 e. The van der Waals surface area contributed by atoms with Crippen molar-refractivity contribution in [3.63, 3.8) is 0 Å². The zero-order valence-corrected chi connectivity index (χ0v) is 21.5. The van der Waals surface area contributed by atoms with Gasteiger partial charge in [-0.3, -0.25) is 14.7 Å². The molecule has 0 amide bonds. The number of alkyl halides is 2. The van der Waals surface area contributed by atoms with Gasteiger partial charge in [0.2, 0.25) is 0 Å². The smallest absolute Gasteiger partial charge is 0.338 e. The van der Waals surface area contributed by atoms with Crippen LogP contribution in [0.15, 0.2) is 46.0 Å². The van der Waals surface area contributed by atoms with E-state index in [2.05, 4.69) is 15.3 Å². The molecule has 198 valence electrons. The molecule has 1 unspecified atom stereocenters. The van der Waals surface area contributed by atoms with Crippen LogP contribution in [-0.2, 0) is 19.1 Å². The fourth-order valence-electron chi connectivity index (χ4n) is 4.34. The highest BCUT2D eigenvalue weighted by atomic mass is 35.5. The average Bonchev–Trinajstić information content (AvgIpc) is 3.38. The Morgan fingerprint density at radius 3 is 2.81 bits per heavy atom. The summed E-state index contributed by atoms with van der Waals surface area (Å²) in [5.41, 5.74) is 0.622.